The molecule has 0 saturated carbocycles. The predicted octanol–water partition coefficient (Wildman–Crippen LogP) is 3.11. The second-order valence-electron chi connectivity index (χ2n) is 6.55. The van der Waals surface area contributed by atoms with Crippen LogP contribution in [0.5, 0.6) is 5.75 Å². The largest absolute Gasteiger partial charge is 0.494 e. The lowest BCUT2D eigenvalue weighted by Gasteiger charge is -2.36. The van der Waals surface area contributed by atoms with Crippen LogP contribution in [0.15, 0.2) is 42.5 Å². The number of benzene rings is 2. The fraction of sp³-hybridized carbons (Fsp3) is 0.381. The highest BCUT2D eigenvalue weighted by molar-refractivity contribution is 5.79. The first-order chi connectivity index (χ1) is 12.6. The Morgan fingerprint density at radius 2 is 1.96 bits per heavy atom. The molecule has 0 radical (unpaired) electrons. The molecular weight excluding hydrogens is 331 g/mol. The van der Waals surface area contributed by atoms with Crippen molar-refractivity contribution in [1.29, 1.82) is 0 Å². The molecular formula is C21H25FN2O2. The average molecular weight is 356 g/mol. The van der Waals surface area contributed by atoms with Crippen LogP contribution in [0.2, 0.25) is 0 Å². The van der Waals surface area contributed by atoms with Gasteiger partial charge in [-0.25, -0.2) is 4.39 Å². The number of amides is 1. The zero-order valence-corrected chi connectivity index (χ0v) is 15.3. The highest BCUT2D eigenvalue weighted by atomic mass is 19.1. The van der Waals surface area contributed by atoms with Crippen molar-refractivity contribution in [3.05, 3.63) is 65.0 Å². The Kier molecular flexibility index (Phi) is 5.89. The number of hydrogen-bond donors (Lipinski definition) is 1. The molecule has 1 atom stereocenters. The molecule has 26 heavy (non-hydrogen) atoms. The average Bonchev–Trinajstić information content (AvgIpc) is 2.68. The lowest BCUT2D eigenvalue weighted by Crippen LogP contribution is -2.49. The fourth-order valence-electron chi connectivity index (χ4n) is 3.37. The maximum absolute atomic E-state index is 13.9. The number of nitrogens with zero attached hydrogens (tertiary/aromatic N) is 1. The summed E-state index contributed by atoms with van der Waals surface area (Å²) in [6.45, 7) is 4.28. The first kappa shape index (κ1) is 18.4. The van der Waals surface area contributed by atoms with E-state index in [1.54, 1.807) is 12.1 Å². The van der Waals surface area contributed by atoms with Gasteiger partial charge in [-0.3, -0.25) is 4.79 Å². The minimum Gasteiger partial charge on any atom is -0.494 e. The Morgan fingerprint density at radius 1 is 1.23 bits per heavy atom. The van der Waals surface area contributed by atoms with E-state index in [1.807, 2.05) is 4.90 Å². The molecule has 0 aliphatic carbocycles. The van der Waals surface area contributed by atoms with Gasteiger partial charge in [0.15, 0.2) is 11.6 Å². The molecule has 1 aliphatic heterocycles. The molecule has 1 fully saturated rings. The number of piperazine rings is 1. The van der Waals surface area contributed by atoms with E-state index < -0.39 is 5.82 Å². The number of rotatable bonds is 5. The number of halogens is 1. The van der Waals surface area contributed by atoms with Crippen molar-refractivity contribution < 1.29 is 13.9 Å². The van der Waals surface area contributed by atoms with E-state index in [0.717, 1.165) is 25.1 Å². The highest BCUT2D eigenvalue weighted by Crippen LogP contribution is 2.25. The van der Waals surface area contributed by atoms with Gasteiger partial charge in [-0.15, -0.1) is 0 Å². The molecule has 0 bridgehead atoms. The summed E-state index contributed by atoms with van der Waals surface area (Å²) in [6, 6.07) is 13.1. The van der Waals surface area contributed by atoms with Gasteiger partial charge in [0, 0.05) is 19.6 Å². The van der Waals surface area contributed by atoms with Crippen LogP contribution in [0.4, 0.5) is 4.39 Å². The molecule has 1 amide bonds. The Hall–Kier alpha value is -2.40. The number of aryl methyl sites for hydroxylation is 1. The van der Waals surface area contributed by atoms with Crippen molar-refractivity contribution in [2.45, 2.75) is 25.8 Å². The number of carbonyl (C=O) groups excluding carboxylic acids is 1. The third-order valence-corrected chi connectivity index (χ3v) is 4.91. The first-order valence-corrected chi connectivity index (χ1v) is 9.03. The Bertz CT molecular complexity index is 761. The number of hydrogen-bond acceptors (Lipinski definition) is 3. The molecule has 3 rings (SSSR count). The van der Waals surface area contributed by atoms with Gasteiger partial charge in [0.1, 0.15) is 0 Å². The topological polar surface area (TPSA) is 41.6 Å². The molecule has 1 aliphatic rings. The SMILES string of the molecule is CCc1ccc(C2CNCCN2C(=O)Cc2ccc(OC)c(F)c2)cc1. The summed E-state index contributed by atoms with van der Waals surface area (Å²) in [5, 5.41) is 3.36. The number of nitrogens with one attached hydrogen (secondary N) is 1. The van der Waals surface area contributed by atoms with Crippen LogP contribution < -0.4 is 10.1 Å². The Labute approximate surface area is 154 Å². The van der Waals surface area contributed by atoms with Gasteiger partial charge in [0.25, 0.3) is 0 Å². The van der Waals surface area contributed by atoms with Crippen LogP contribution in [0.3, 0.4) is 0 Å². The maximum Gasteiger partial charge on any atom is 0.227 e. The number of ether oxygens (including phenoxy) is 1. The van der Waals surface area contributed by atoms with Gasteiger partial charge >= 0.3 is 0 Å². The maximum atomic E-state index is 13.9. The normalized spacial score (nSPS) is 17.2. The van der Waals surface area contributed by atoms with Crippen LogP contribution in [-0.2, 0) is 17.6 Å². The van der Waals surface area contributed by atoms with E-state index in [-0.39, 0.29) is 24.1 Å². The van der Waals surface area contributed by atoms with E-state index in [4.69, 9.17) is 4.74 Å². The van der Waals surface area contributed by atoms with Gasteiger partial charge in [-0.2, -0.15) is 0 Å². The van der Waals surface area contributed by atoms with Crippen molar-refractivity contribution >= 4 is 5.91 Å². The summed E-state index contributed by atoms with van der Waals surface area (Å²) in [7, 11) is 1.43. The smallest absolute Gasteiger partial charge is 0.227 e. The molecule has 0 aromatic heterocycles. The van der Waals surface area contributed by atoms with Gasteiger partial charge in [0.2, 0.25) is 5.91 Å². The summed E-state index contributed by atoms with van der Waals surface area (Å²) in [5.41, 5.74) is 3.07. The third kappa shape index (κ3) is 4.05. The molecule has 4 nitrogen and oxygen atoms in total. The van der Waals surface area contributed by atoms with Crippen LogP contribution in [0.1, 0.15) is 29.7 Å². The fourth-order valence-corrected chi connectivity index (χ4v) is 3.37. The minimum atomic E-state index is -0.440. The summed E-state index contributed by atoms with van der Waals surface area (Å²) < 4.78 is 18.8. The predicted molar refractivity (Wildman–Crippen MR) is 99.8 cm³/mol. The van der Waals surface area contributed by atoms with E-state index in [0.29, 0.717) is 12.1 Å². The molecule has 0 spiro atoms. The van der Waals surface area contributed by atoms with E-state index >= 15 is 0 Å². The van der Waals surface area contributed by atoms with Crippen molar-refractivity contribution in [2.24, 2.45) is 0 Å². The molecule has 5 heteroatoms. The van der Waals surface area contributed by atoms with Gasteiger partial charge in [-0.1, -0.05) is 37.3 Å². The first-order valence-electron chi connectivity index (χ1n) is 9.03. The lowest BCUT2D eigenvalue weighted by molar-refractivity contribution is -0.133. The standard InChI is InChI=1S/C21H25FN2O2/c1-3-15-4-7-17(8-5-15)19-14-23-10-11-24(19)21(25)13-16-6-9-20(26-2)18(22)12-16/h4-9,12,19,23H,3,10-11,13-14H2,1-2H3. The monoisotopic (exact) mass is 356 g/mol. The number of carbonyl (C=O) groups is 1. The van der Waals surface area contributed by atoms with E-state index in [1.165, 1.54) is 18.7 Å². The molecule has 1 saturated heterocycles. The van der Waals surface area contributed by atoms with Gasteiger partial charge in [-0.05, 0) is 35.2 Å². The molecule has 1 heterocycles. The Morgan fingerprint density at radius 3 is 2.62 bits per heavy atom. The van der Waals surface area contributed by atoms with E-state index in [9.17, 15) is 9.18 Å². The molecule has 1 N–H and O–H groups in total. The molecule has 2 aromatic carbocycles. The molecule has 1 unspecified atom stereocenters. The van der Waals surface area contributed by atoms with Crippen molar-refractivity contribution in [3.63, 3.8) is 0 Å². The molecule has 2 aromatic rings. The van der Waals surface area contributed by atoms with Crippen LogP contribution >= 0.6 is 0 Å². The third-order valence-electron chi connectivity index (χ3n) is 4.91. The summed E-state index contributed by atoms with van der Waals surface area (Å²) in [5.74, 6) is -0.234. The van der Waals surface area contributed by atoms with Gasteiger partial charge < -0.3 is 15.0 Å². The van der Waals surface area contributed by atoms with E-state index in [2.05, 4.69) is 36.5 Å². The quantitative estimate of drug-likeness (QED) is 0.895. The highest BCUT2D eigenvalue weighted by Gasteiger charge is 2.27. The summed E-state index contributed by atoms with van der Waals surface area (Å²) in [4.78, 5) is 14.8. The zero-order chi connectivity index (χ0) is 18.5. The van der Waals surface area contributed by atoms with Crippen molar-refractivity contribution in [1.82, 2.24) is 10.2 Å². The summed E-state index contributed by atoms with van der Waals surface area (Å²) >= 11 is 0. The summed E-state index contributed by atoms with van der Waals surface area (Å²) in [6.07, 6.45) is 1.18. The van der Waals surface area contributed by atoms with Crippen LogP contribution in [-0.4, -0.2) is 37.6 Å². The zero-order valence-electron chi connectivity index (χ0n) is 15.3. The van der Waals surface area contributed by atoms with Crippen molar-refractivity contribution in [2.75, 3.05) is 26.7 Å². The van der Waals surface area contributed by atoms with Crippen molar-refractivity contribution in [3.8, 4) is 5.75 Å². The Balaban J connectivity index is 1.76. The minimum absolute atomic E-state index is 0.00486. The van der Waals surface area contributed by atoms with Crippen LogP contribution in [0.25, 0.3) is 0 Å². The van der Waals surface area contributed by atoms with Crippen LogP contribution in [0, 0.1) is 5.82 Å². The van der Waals surface area contributed by atoms with Gasteiger partial charge in [0.05, 0.1) is 19.6 Å². The molecule has 138 valence electrons. The second kappa shape index (κ2) is 8.32. The second-order valence-corrected chi connectivity index (χ2v) is 6.55. The lowest BCUT2D eigenvalue weighted by atomic mass is 10.00. The number of methoxy groups -OCH3 is 1.